The summed E-state index contributed by atoms with van der Waals surface area (Å²) in [6, 6.07) is 16.5. The van der Waals surface area contributed by atoms with E-state index in [0.717, 1.165) is 18.4 Å². The van der Waals surface area contributed by atoms with Gasteiger partial charge in [-0.15, -0.1) is 0 Å². The number of ether oxygens (including phenoxy) is 1. The van der Waals surface area contributed by atoms with E-state index in [1.54, 1.807) is 12.1 Å². The van der Waals surface area contributed by atoms with Crippen LogP contribution in [-0.2, 0) is 16.0 Å². The zero-order chi connectivity index (χ0) is 16.8. The molecule has 0 aromatic heterocycles. The maximum absolute atomic E-state index is 13.0. The molecule has 1 fully saturated rings. The van der Waals surface area contributed by atoms with Crippen LogP contribution in [0.5, 0.6) is 0 Å². The van der Waals surface area contributed by atoms with E-state index >= 15 is 0 Å². The van der Waals surface area contributed by atoms with Gasteiger partial charge in [-0.25, -0.2) is 4.39 Å². The lowest BCUT2D eigenvalue weighted by molar-refractivity contribution is -0.139. The molecule has 2 aromatic rings. The van der Waals surface area contributed by atoms with Crippen LogP contribution in [-0.4, -0.2) is 30.5 Å². The zero-order valence-corrected chi connectivity index (χ0v) is 13.7. The van der Waals surface area contributed by atoms with E-state index in [2.05, 4.69) is 12.1 Å². The number of hydrogen-bond acceptors (Lipinski definition) is 2. The molecule has 1 unspecified atom stereocenters. The van der Waals surface area contributed by atoms with Crippen LogP contribution in [0.25, 0.3) is 0 Å². The van der Waals surface area contributed by atoms with E-state index in [9.17, 15) is 9.18 Å². The van der Waals surface area contributed by atoms with E-state index in [1.165, 1.54) is 17.7 Å². The summed E-state index contributed by atoms with van der Waals surface area (Å²) in [6.07, 6.45) is 2.14. The molecule has 1 amide bonds. The summed E-state index contributed by atoms with van der Waals surface area (Å²) in [4.78, 5) is 14.3. The average Bonchev–Trinajstić information content (AvgIpc) is 2.63. The van der Waals surface area contributed by atoms with Crippen molar-refractivity contribution in [3.05, 3.63) is 71.5 Å². The van der Waals surface area contributed by atoms with Gasteiger partial charge in [-0.1, -0.05) is 42.5 Å². The Kier molecular flexibility index (Phi) is 5.59. The molecule has 0 spiro atoms. The van der Waals surface area contributed by atoms with Crippen molar-refractivity contribution in [3.8, 4) is 0 Å². The Bertz CT molecular complexity index is 657. The molecule has 0 saturated carbocycles. The fourth-order valence-corrected chi connectivity index (χ4v) is 3.00. The van der Waals surface area contributed by atoms with Crippen LogP contribution < -0.4 is 0 Å². The van der Waals surface area contributed by atoms with E-state index in [-0.39, 0.29) is 17.8 Å². The summed E-state index contributed by atoms with van der Waals surface area (Å²) in [6.45, 7) is 1.68. The lowest BCUT2D eigenvalue weighted by Crippen LogP contribution is -2.42. The lowest BCUT2D eigenvalue weighted by atomic mass is 10.1. The third kappa shape index (κ3) is 4.42. The topological polar surface area (TPSA) is 29.5 Å². The number of amides is 1. The third-order valence-corrected chi connectivity index (χ3v) is 4.36. The van der Waals surface area contributed by atoms with Gasteiger partial charge in [0.25, 0.3) is 0 Å². The molecular formula is C20H22FNO2. The molecule has 1 aliphatic heterocycles. The number of hydrogen-bond donors (Lipinski definition) is 0. The second-order valence-electron chi connectivity index (χ2n) is 6.09. The highest BCUT2D eigenvalue weighted by Gasteiger charge is 2.25. The minimum atomic E-state index is -0.261. The van der Waals surface area contributed by atoms with E-state index in [1.807, 2.05) is 23.1 Å². The van der Waals surface area contributed by atoms with Crippen LogP contribution in [0.3, 0.4) is 0 Å². The van der Waals surface area contributed by atoms with Crippen molar-refractivity contribution >= 4 is 5.91 Å². The Labute approximate surface area is 142 Å². The first-order chi connectivity index (χ1) is 11.7. The van der Waals surface area contributed by atoms with Crippen molar-refractivity contribution in [1.82, 2.24) is 4.90 Å². The molecule has 3 nitrogen and oxygen atoms in total. The molecule has 24 heavy (non-hydrogen) atoms. The fourth-order valence-electron chi connectivity index (χ4n) is 3.00. The smallest absolute Gasteiger partial charge is 0.222 e. The van der Waals surface area contributed by atoms with E-state index < -0.39 is 0 Å². The SMILES string of the molecule is O=C(CCCc1ccccc1)N1CCOC(c2ccc(F)cc2)C1. The summed E-state index contributed by atoms with van der Waals surface area (Å²) in [5.41, 5.74) is 2.18. The molecule has 0 radical (unpaired) electrons. The highest BCUT2D eigenvalue weighted by Crippen LogP contribution is 2.23. The van der Waals surface area contributed by atoms with Gasteiger partial charge in [-0.2, -0.15) is 0 Å². The summed E-state index contributed by atoms with van der Waals surface area (Å²) in [5, 5.41) is 0. The monoisotopic (exact) mass is 327 g/mol. The van der Waals surface area contributed by atoms with Crippen LogP contribution in [0.4, 0.5) is 4.39 Å². The zero-order valence-electron chi connectivity index (χ0n) is 13.7. The lowest BCUT2D eigenvalue weighted by Gasteiger charge is -2.33. The number of aryl methyl sites for hydroxylation is 1. The second kappa shape index (κ2) is 8.06. The highest BCUT2D eigenvalue weighted by atomic mass is 19.1. The minimum Gasteiger partial charge on any atom is -0.370 e. The molecule has 4 heteroatoms. The number of nitrogens with zero attached hydrogens (tertiary/aromatic N) is 1. The number of carbonyl (C=O) groups excluding carboxylic acids is 1. The van der Waals surface area contributed by atoms with Crippen molar-refractivity contribution in [2.24, 2.45) is 0 Å². The molecule has 0 aliphatic carbocycles. The molecule has 3 rings (SSSR count). The molecule has 1 atom stereocenters. The number of halogens is 1. The number of rotatable bonds is 5. The van der Waals surface area contributed by atoms with Gasteiger partial charge in [0, 0.05) is 13.0 Å². The number of morpholine rings is 1. The molecule has 1 heterocycles. The molecule has 1 saturated heterocycles. The second-order valence-corrected chi connectivity index (χ2v) is 6.09. The van der Waals surface area contributed by atoms with Gasteiger partial charge in [0.05, 0.1) is 13.2 Å². The molecule has 0 bridgehead atoms. The van der Waals surface area contributed by atoms with E-state index in [4.69, 9.17) is 4.74 Å². The third-order valence-electron chi connectivity index (χ3n) is 4.36. The summed E-state index contributed by atoms with van der Waals surface area (Å²) >= 11 is 0. The fraction of sp³-hybridized carbons (Fsp3) is 0.350. The van der Waals surface area contributed by atoms with Gasteiger partial charge >= 0.3 is 0 Å². The van der Waals surface area contributed by atoms with Gasteiger partial charge in [-0.3, -0.25) is 4.79 Å². The van der Waals surface area contributed by atoms with Crippen LogP contribution >= 0.6 is 0 Å². The quantitative estimate of drug-likeness (QED) is 0.837. The first kappa shape index (κ1) is 16.7. The van der Waals surface area contributed by atoms with Gasteiger partial charge in [0.2, 0.25) is 5.91 Å². The van der Waals surface area contributed by atoms with Crippen molar-refractivity contribution in [1.29, 1.82) is 0 Å². The van der Waals surface area contributed by atoms with Crippen LogP contribution in [0.1, 0.15) is 30.1 Å². The van der Waals surface area contributed by atoms with Gasteiger partial charge in [0.1, 0.15) is 11.9 Å². The Balaban J connectivity index is 1.50. The predicted octanol–water partition coefficient (Wildman–Crippen LogP) is 3.75. The Morgan fingerprint density at radius 3 is 2.62 bits per heavy atom. The van der Waals surface area contributed by atoms with Gasteiger partial charge in [-0.05, 0) is 36.1 Å². The summed E-state index contributed by atoms with van der Waals surface area (Å²) < 4.78 is 18.8. The maximum atomic E-state index is 13.0. The number of carbonyl (C=O) groups is 1. The largest absolute Gasteiger partial charge is 0.370 e. The first-order valence-corrected chi connectivity index (χ1v) is 8.41. The highest BCUT2D eigenvalue weighted by molar-refractivity contribution is 5.76. The molecular weight excluding hydrogens is 305 g/mol. The normalized spacial score (nSPS) is 17.7. The Morgan fingerprint density at radius 1 is 1.12 bits per heavy atom. The summed E-state index contributed by atoms with van der Waals surface area (Å²) in [5.74, 6) is -0.0928. The predicted molar refractivity (Wildman–Crippen MR) is 91.1 cm³/mol. The van der Waals surface area contributed by atoms with Crippen LogP contribution in [0.2, 0.25) is 0 Å². The Morgan fingerprint density at radius 2 is 1.88 bits per heavy atom. The van der Waals surface area contributed by atoms with Crippen LogP contribution in [0.15, 0.2) is 54.6 Å². The van der Waals surface area contributed by atoms with E-state index in [0.29, 0.717) is 26.1 Å². The van der Waals surface area contributed by atoms with Crippen molar-refractivity contribution < 1.29 is 13.9 Å². The molecule has 126 valence electrons. The van der Waals surface area contributed by atoms with Crippen molar-refractivity contribution in [2.45, 2.75) is 25.4 Å². The standard InChI is InChI=1S/C20H22FNO2/c21-18-11-9-17(10-12-18)19-15-22(13-14-24-19)20(23)8-4-7-16-5-2-1-3-6-16/h1-3,5-6,9-12,19H,4,7-8,13-15H2. The molecule has 0 N–H and O–H groups in total. The first-order valence-electron chi connectivity index (χ1n) is 8.41. The maximum Gasteiger partial charge on any atom is 0.222 e. The van der Waals surface area contributed by atoms with Crippen molar-refractivity contribution in [2.75, 3.05) is 19.7 Å². The van der Waals surface area contributed by atoms with Crippen LogP contribution in [0, 0.1) is 5.82 Å². The Hall–Kier alpha value is -2.20. The number of benzene rings is 2. The molecule has 1 aliphatic rings. The van der Waals surface area contributed by atoms with Gasteiger partial charge in [0.15, 0.2) is 0 Å². The molecule has 2 aromatic carbocycles. The van der Waals surface area contributed by atoms with Gasteiger partial charge < -0.3 is 9.64 Å². The van der Waals surface area contributed by atoms with Crippen molar-refractivity contribution in [3.63, 3.8) is 0 Å². The average molecular weight is 327 g/mol. The minimum absolute atomic E-state index is 0.168. The summed E-state index contributed by atoms with van der Waals surface area (Å²) in [7, 11) is 0.